The molecule has 5 rings (SSSR count). The summed E-state index contributed by atoms with van der Waals surface area (Å²) in [6.45, 7) is -3.97. The molecule has 1 amide bonds. The van der Waals surface area contributed by atoms with Gasteiger partial charge in [-0.05, 0) is 48.7 Å². The zero-order chi connectivity index (χ0) is 22.5. The number of hydrogen-bond acceptors (Lipinski definition) is 2. The Morgan fingerprint density at radius 2 is 1.78 bits per heavy atom. The Balaban J connectivity index is 1.57. The summed E-state index contributed by atoms with van der Waals surface area (Å²) in [5, 5.41) is 2.97. The van der Waals surface area contributed by atoms with E-state index in [9.17, 15) is 4.79 Å². The molecule has 1 aromatic heterocycles. The monoisotopic (exact) mass is 430 g/mol. The van der Waals surface area contributed by atoms with E-state index in [-0.39, 0.29) is 5.91 Å². The van der Waals surface area contributed by atoms with Crippen LogP contribution in [0, 0.1) is 0 Å². The zero-order valence-corrected chi connectivity index (χ0v) is 17.7. The van der Waals surface area contributed by atoms with Gasteiger partial charge in [0.05, 0.1) is 5.57 Å². The molecule has 5 nitrogen and oxygen atoms in total. The first-order valence-corrected chi connectivity index (χ1v) is 10.3. The molecule has 8 heteroatoms. The Bertz CT molecular complexity index is 1320. The smallest absolute Gasteiger partial charge is 0.396 e. The maximum atomic E-state index is 15.1. The summed E-state index contributed by atoms with van der Waals surface area (Å²) in [6.07, 6.45) is 6.09. The van der Waals surface area contributed by atoms with Crippen molar-refractivity contribution in [1.82, 2.24) is 4.48 Å². The Kier molecular flexibility index (Phi) is 4.58. The first-order valence-electron chi connectivity index (χ1n) is 10.3. The molecule has 2 aromatic carbocycles. The van der Waals surface area contributed by atoms with Crippen molar-refractivity contribution in [3.05, 3.63) is 102 Å². The highest BCUT2D eigenvalue weighted by molar-refractivity contribution is 6.57. The second-order valence-electron chi connectivity index (χ2n) is 8.01. The topological polar surface area (TPSA) is 40.3 Å². The molecule has 0 saturated heterocycles. The molecule has 0 aliphatic carbocycles. The van der Waals surface area contributed by atoms with Gasteiger partial charge in [0, 0.05) is 54.4 Å². The van der Waals surface area contributed by atoms with E-state index in [1.165, 1.54) is 12.4 Å². The number of aromatic nitrogens is 1. The number of hydrogen-bond donors (Lipinski definition) is 1. The third-order valence-corrected chi connectivity index (χ3v) is 5.83. The van der Waals surface area contributed by atoms with E-state index >= 15 is 8.63 Å². The minimum absolute atomic E-state index is 0.264. The number of fused-ring (bicyclic) bond motifs is 2. The molecule has 160 valence electrons. The van der Waals surface area contributed by atoms with Crippen LogP contribution in [0.5, 0.6) is 0 Å². The van der Waals surface area contributed by atoms with Crippen molar-refractivity contribution < 1.29 is 17.9 Å². The SMILES string of the molecule is CN(C)c1ccc(C(=O)Nc2ccccc2C2=C3C=CC=[N+]3[B-](F)(F)n3cccc32)cc1. The van der Waals surface area contributed by atoms with Crippen molar-refractivity contribution in [2.45, 2.75) is 0 Å². The van der Waals surface area contributed by atoms with E-state index in [1.807, 2.05) is 49.3 Å². The maximum Gasteiger partial charge on any atom is 0.737 e. The summed E-state index contributed by atoms with van der Waals surface area (Å²) in [6, 6.07) is 17.8. The van der Waals surface area contributed by atoms with E-state index in [4.69, 9.17) is 0 Å². The molecule has 0 atom stereocenters. The van der Waals surface area contributed by atoms with E-state index < -0.39 is 6.97 Å². The van der Waals surface area contributed by atoms with Crippen LogP contribution in [0.2, 0.25) is 0 Å². The van der Waals surface area contributed by atoms with Crippen LogP contribution in [0.1, 0.15) is 21.6 Å². The normalized spacial score (nSPS) is 15.8. The van der Waals surface area contributed by atoms with Crippen molar-refractivity contribution in [3.63, 3.8) is 0 Å². The van der Waals surface area contributed by atoms with Crippen LogP contribution in [0.25, 0.3) is 5.57 Å². The Labute approximate surface area is 184 Å². The first kappa shape index (κ1) is 20.0. The van der Waals surface area contributed by atoms with Gasteiger partial charge in [0.25, 0.3) is 5.91 Å². The Morgan fingerprint density at radius 1 is 1.03 bits per heavy atom. The fourth-order valence-electron chi connectivity index (χ4n) is 4.21. The first-order chi connectivity index (χ1) is 15.4. The summed E-state index contributed by atoms with van der Waals surface area (Å²) >= 11 is 0. The molecular formula is C24H21BF2N4O. The van der Waals surface area contributed by atoms with Crippen LogP contribution in [0.15, 0.2) is 84.7 Å². The molecule has 2 aliphatic rings. The summed E-state index contributed by atoms with van der Waals surface area (Å²) in [5.74, 6) is -0.264. The molecule has 0 radical (unpaired) electrons. The number of carbonyl (C=O) groups is 1. The quantitative estimate of drug-likeness (QED) is 0.622. The maximum absolute atomic E-state index is 15.1. The van der Waals surface area contributed by atoms with Crippen LogP contribution < -0.4 is 10.2 Å². The number of nitrogens with one attached hydrogen (secondary N) is 1. The molecule has 0 saturated carbocycles. The van der Waals surface area contributed by atoms with Crippen LogP contribution in [0.4, 0.5) is 20.0 Å². The molecule has 32 heavy (non-hydrogen) atoms. The van der Waals surface area contributed by atoms with Gasteiger partial charge >= 0.3 is 6.97 Å². The average Bonchev–Trinajstić information content (AvgIpc) is 3.46. The van der Waals surface area contributed by atoms with Crippen molar-refractivity contribution in [2.75, 3.05) is 24.3 Å². The number of nitrogens with zero attached hydrogens (tertiary/aromatic N) is 3. The second-order valence-corrected chi connectivity index (χ2v) is 8.01. The fourth-order valence-corrected chi connectivity index (χ4v) is 4.21. The predicted octanol–water partition coefficient (Wildman–Crippen LogP) is 4.46. The van der Waals surface area contributed by atoms with Crippen LogP contribution in [-0.2, 0) is 0 Å². The molecule has 0 unspecified atom stereocenters. The van der Waals surface area contributed by atoms with Crippen molar-refractivity contribution in [3.8, 4) is 0 Å². The number of para-hydroxylation sites is 1. The second kappa shape index (κ2) is 7.34. The predicted molar refractivity (Wildman–Crippen MR) is 124 cm³/mol. The van der Waals surface area contributed by atoms with E-state index in [2.05, 4.69) is 5.32 Å². The number of carbonyl (C=O) groups excluding carboxylic acids is 1. The molecule has 0 fully saturated rings. The summed E-state index contributed by atoms with van der Waals surface area (Å²) in [7, 11) is 3.87. The minimum atomic E-state index is -3.97. The van der Waals surface area contributed by atoms with Gasteiger partial charge in [0.15, 0.2) is 5.70 Å². The number of rotatable bonds is 4. The lowest BCUT2D eigenvalue weighted by Crippen LogP contribution is -2.49. The number of halogens is 2. The molecule has 2 aliphatic heterocycles. The summed E-state index contributed by atoms with van der Waals surface area (Å²) < 4.78 is 32.2. The van der Waals surface area contributed by atoms with Gasteiger partial charge in [0.2, 0.25) is 0 Å². The Hall–Kier alpha value is -3.94. The highest BCUT2D eigenvalue weighted by Crippen LogP contribution is 2.40. The molecule has 0 bridgehead atoms. The summed E-state index contributed by atoms with van der Waals surface area (Å²) in [4.78, 5) is 14.9. The number of amides is 1. The molecule has 3 aromatic rings. The van der Waals surface area contributed by atoms with Gasteiger partial charge in [-0.25, -0.2) is 0 Å². The van der Waals surface area contributed by atoms with Gasteiger partial charge in [-0.15, -0.1) is 0 Å². The number of benzene rings is 2. The van der Waals surface area contributed by atoms with Gasteiger partial charge < -0.3 is 27.8 Å². The Morgan fingerprint density at radius 3 is 2.53 bits per heavy atom. The number of allylic oxidation sites excluding steroid dienone is 2. The lowest BCUT2D eigenvalue weighted by Gasteiger charge is -2.31. The van der Waals surface area contributed by atoms with Gasteiger partial charge in [-0.1, -0.05) is 18.2 Å². The average molecular weight is 430 g/mol. The molecule has 1 N–H and O–H groups in total. The minimum Gasteiger partial charge on any atom is -0.396 e. The largest absolute Gasteiger partial charge is 0.737 e. The van der Waals surface area contributed by atoms with Gasteiger partial charge in [-0.2, -0.15) is 0 Å². The van der Waals surface area contributed by atoms with Crippen LogP contribution >= 0.6 is 0 Å². The highest BCUT2D eigenvalue weighted by Gasteiger charge is 2.51. The van der Waals surface area contributed by atoms with E-state index in [0.717, 1.165) is 14.7 Å². The fraction of sp³-hybridized carbons (Fsp3) is 0.0833. The van der Waals surface area contributed by atoms with Crippen molar-refractivity contribution >= 4 is 36.0 Å². The number of anilines is 2. The highest BCUT2D eigenvalue weighted by atomic mass is 19.2. The zero-order valence-electron chi connectivity index (χ0n) is 17.7. The molecule has 3 heterocycles. The van der Waals surface area contributed by atoms with Crippen molar-refractivity contribution in [2.24, 2.45) is 0 Å². The van der Waals surface area contributed by atoms with Crippen molar-refractivity contribution in [1.29, 1.82) is 0 Å². The van der Waals surface area contributed by atoms with Crippen LogP contribution in [0.3, 0.4) is 0 Å². The van der Waals surface area contributed by atoms with Gasteiger partial charge in [-0.3, -0.25) is 4.79 Å². The third-order valence-electron chi connectivity index (χ3n) is 5.83. The van der Waals surface area contributed by atoms with E-state index in [1.54, 1.807) is 42.5 Å². The lowest BCUT2D eigenvalue weighted by atomic mass is 9.86. The lowest BCUT2D eigenvalue weighted by molar-refractivity contribution is -0.356. The molecular weight excluding hydrogens is 409 g/mol. The standard InChI is InChI=1S/C24H21BF2N4O/c1-29(2)18-13-11-17(12-14-18)24(32)28-20-8-4-3-7-19(20)23-21-9-5-15-30(21)25(26,27)31-16-6-10-22(23)31/h3-16H,1-2H3,(H,28,32). The van der Waals surface area contributed by atoms with Crippen LogP contribution in [-0.4, -0.2) is 42.2 Å². The third kappa shape index (κ3) is 3.07. The van der Waals surface area contributed by atoms with E-state index in [0.29, 0.717) is 33.8 Å². The summed E-state index contributed by atoms with van der Waals surface area (Å²) in [5.41, 5.74) is 4.21. The molecule has 0 spiro atoms. The van der Waals surface area contributed by atoms with Gasteiger partial charge in [0.1, 0.15) is 6.21 Å².